The predicted octanol–water partition coefficient (Wildman–Crippen LogP) is 2.43. The van der Waals surface area contributed by atoms with Gasteiger partial charge in [0.05, 0.1) is 0 Å². The Hall–Kier alpha value is -0.740. The van der Waals surface area contributed by atoms with Crippen molar-refractivity contribution < 1.29 is 4.74 Å². The zero-order valence-corrected chi connectivity index (χ0v) is 11.4. The summed E-state index contributed by atoms with van der Waals surface area (Å²) in [6, 6.07) is 4.72. The molecular formula is C14H20N2OS. The molecule has 2 aliphatic rings. The Morgan fingerprint density at radius 3 is 2.61 bits per heavy atom. The highest BCUT2D eigenvalue weighted by Crippen LogP contribution is 2.26. The number of likely N-dealkylation sites (tertiary alicyclic amines) is 1. The molecule has 0 aromatic carbocycles. The Balaban J connectivity index is 1.48. The molecule has 2 aliphatic heterocycles. The standard InChI is InChI=1S/C14H20N2OS/c1-6-15-7-2-13(1)17-14-3-8-16(9-4-14)12-5-10-18-11-12/h1-2,6-7,12,14H,3-5,8-11H2/t12-/m0/s1. The van der Waals surface area contributed by atoms with E-state index in [1.54, 1.807) is 12.4 Å². The molecule has 0 bridgehead atoms. The average molecular weight is 264 g/mol. The Morgan fingerprint density at radius 1 is 1.17 bits per heavy atom. The summed E-state index contributed by atoms with van der Waals surface area (Å²) >= 11 is 2.10. The lowest BCUT2D eigenvalue weighted by molar-refractivity contribution is 0.0816. The van der Waals surface area contributed by atoms with Crippen LogP contribution in [0.2, 0.25) is 0 Å². The molecule has 0 spiro atoms. The first-order valence-electron chi connectivity index (χ1n) is 6.80. The van der Waals surface area contributed by atoms with E-state index in [0.29, 0.717) is 6.10 Å². The molecule has 0 unspecified atom stereocenters. The molecule has 1 aromatic heterocycles. The van der Waals surface area contributed by atoms with E-state index in [1.165, 1.54) is 31.0 Å². The third-order valence-electron chi connectivity index (χ3n) is 3.85. The van der Waals surface area contributed by atoms with E-state index in [-0.39, 0.29) is 0 Å². The molecule has 3 rings (SSSR count). The van der Waals surface area contributed by atoms with Gasteiger partial charge < -0.3 is 4.74 Å². The zero-order valence-electron chi connectivity index (χ0n) is 10.6. The minimum Gasteiger partial charge on any atom is -0.490 e. The highest BCUT2D eigenvalue weighted by molar-refractivity contribution is 7.99. The van der Waals surface area contributed by atoms with E-state index in [2.05, 4.69) is 21.6 Å². The number of aromatic nitrogens is 1. The fraction of sp³-hybridized carbons (Fsp3) is 0.643. The third-order valence-corrected chi connectivity index (χ3v) is 5.00. The van der Waals surface area contributed by atoms with Gasteiger partial charge >= 0.3 is 0 Å². The highest BCUT2D eigenvalue weighted by atomic mass is 32.2. The van der Waals surface area contributed by atoms with Crippen LogP contribution in [0, 0.1) is 0 Å². The molecule has 0 saturated carbocycles. The second-order valence-corrected chi connectivity index (χ2v) is 6.20. The van der Waals surface area contributed by atoms with Gasteiger partial charge in [-0.1, -0.05) is 0 Å². The van der Waals surface area contributed by atoms with E-state index >= 15 is 0 Å². The van der Waals surface area contributed by atoms with E-state index in [4.69, 9.17) is 4.74 Å². The molecule has 0 aliphatic carbocycles. The van der Waals surface area contributed by atoms with Crippen molar-refractivity contribution in [2.75, 3.05) is 24.6 Å². The molecule has 0 radical (unpaired) electrons. The first kappa shape index (κ1) is 12.3. The number of ether oxygens (including phenoxy) is 1. The Morgan fingerprint density at radius 2 is 1.94 bits per heavy atom. The first-order chi connectivity index (χ1) is 8.92. The normalized spacial score (nSPS) is 26.3. The van der Waals surface area contributed by atoms with Gasteiger partial charge in [0.15, 0.2) is 0 Å². The molecule has 2 fully saturated rings. The maximum atomic E-state index is 5.99. The number of piperidine rings is 1. The quantitative estimate of drug-likeness (QED) is 0.837. The third kappa shape index (κ3) is 2.98. The van der Waals surface area contributed by atoms with Crippen molar-refractivity contribution in [1.82, 2.24) is 9.88 Å². The van der Waals surface area contributed by atoms with Gasteiger partial charge in [0.2, 0.25) is 0 Å². The Labute approximate surface area is 113 Å². The van der Waals surface area contributed by atoms with Crippen molar-refractivity contribution >= 4 is 11.8 Å². The summed E-state index contributed by atoms with van der Waals surface area (Å²) in [7, 11) is 0. The lowest BCUT2D eigenvalue weighted by Crippen LogP contribution is -2.44. The van der Waals surface area contributed by atoms with Crippen LogP contribution in [0.5, 0.6) is 5.75 Å². The van der Waals surface area contributed by atoms with Gasteiger partial charge in [0, 0.05) is 37.3 Å². The minimum absolute atomic E-state index is 0.387. The van der Waals surface area contributed by atoms with Crippen molar-refractivity contribution in [3.05, 3.63) is 24.5 Å². The van der Waals surface area contributed by atoms with E-state index in [1.807, 2.05) is 12.1 Å². The molecule has 0 amide bonds. The van der Waals surface area contributed by atoms with Crippen LogP contribution in [0.4, 0.5) is 0 Å². The van der Waals surface area contributed by atoms with Gasteiger partial charge in [-0.3, -0.25) is 9.88 Å². The summed E-state index contributed by atoms with van der Waals surface area (Å²) in [5, 5.41) is 0. The first-order valence-corrected chi connectivity index (χ1v) is 7.96. The Kier molecular flexibility index (Phi) is 4.06. The molecule has 3 heterocycles. The van der Waals surface area contributed by atoms with Crippen LogP contribution in [-0.4, -0.2) is 46.6 Å². The second-order valence-electron chi connectivity index (χ2n) is 5.05. The van der Waals surface area contributed by atoms with Crippen LogP contribution in [0.25, 0.3) is 0 Å². The largest absolute Gasteiger partial charge is 0.490 e. The number of thioether (sulfide) groups is 1. The lowest BCUT2D eigenvalue weighted by Gasteiger charge is -2.35. The fourth-order valence-corrected chi connectivity index (χ4v) is 4.03. The number of nitrogens with zero attached hydrogens (tertiary/aromatic N) is 2. The topological polar surface area (TPSA) is 25.4 Å². The lowest BCUT2D eigenvalue weighted by atomic mass is 10.0. The fourth-order valence-electron chi connectivity index (χ4n) is 2.78. The predicted molar refractivity (Wildman–Crippen MR) is 75.2 cm³/mol. The van der Waals surface area contributed by atoms with Crippen LogP contribution in [0.1, 0.15) is 19.3 Å². The number of pyridine rings is 1. The summed E-state index contributed by atoms with van der Waals surface area (Å²) in [5.41, 5.74) is 0. The van der Waals surface area contributed by atoms with E-state index in [9.17, 15) is 0 Å². The number of hydrogen-bond acceptors (Lipinski definition) is 4. The van der Waals surface area contributed by atoms with Crippen LogP contribution in [0.3, 0.4) is 0 Å². The SMILES string of the molecule is c1cc(OC2CCN([C@H]3CCSC3)CC2)ccn1. The summed E-state index contributed by atoms with van der Waals surface area (Å²) in [5.74, 6) is 3.63. The van der Waals surface area contributed by atoms with Crippen LogP contribution in [-0.2, 0) is 0 Å². The van der Waals surface area contributed by atoms with Crippen LogP contribution in [0.15, 0.2) is 24.5 Å². The monoisotopic (exact) mass is 264 g/mol. The van der Waals surface area contributed by atoms with Crippen molar-refractivity contribution in [2.24, 2.45) is 0 Å². The zero-order chi connectivity index (χ0) is 12.2. The van der Waals surface area contributed by atoms with Crippen LogP contribution < -0.4 is 4.74 Å². The van der Waals surface area contributed by atoms with Crippen molar-refractivity contribution in [3.63, 3.8) is 0 Å². The Bertz CT molecular complexity index is 359. The summed E-state index contributed by atoms with van der Waals surface area (Å²) < 4.78 is 5.99. The summed E-state index contributed by atoms with van der Waals surface area (Å²) in [6.45, 7) is 2.39. The molecule has 18 heavy (non-hydrogen) atoms. The highest BCUT2D eigenvalue weighted by Gasteiger charge is 2.27. The molecule has 3 nitrogen and oxygen atoms in total. The van der Waals surface area contributed by atoms with Crippen molar-refractivity contribution in [3.8, 4) is 5.75 Å². The van der Waals surface area contributed by atoms with Gasteiger partial charge in [-0.05, 0) is 37.1 Å². The van der Waals surface area contributed by atoms with Crippen molar-refractivity contribution in [1.29, 1.82) is 0 Å². The van der Waals surface area contributed by atoms with Gasteiger partial charge in [-0.15, -0.1) is 0 Å². The van der Waals surface area contributed by atoms with Gasteiger partial charge in [0.1, 0.15) is 11.9 Å². The molecular weight excluding hydrogens is 244 g/mol. The van der Waals surface area contributed by atoms with Gasteiger partial charge in [-0.25, -0.2) is 0 Å². The average Bonchev–Trinajstić information content (AvgIpc) is 2.95. The summed E-state index contributed by atoms with van der Waals surface area (Å²) in [4.78, 5) is 6.67. The maximum absolute atomic E-state index is 5.99. The molecule has 1 atom stereocenters. The number of rotatable bonds is 3. The molecule has 98 valence electrons. The van der Waals surface area contributed by atoms with E-state index < -0.39 is 0 Å². The van der Waals surface area contributed by atoms with Crippen molar-refractivity contribution in [2.45, 2.75) is 31.4 Å². The minimum atomic E-state index is 0.387. The smallest absolute Gasteiger partial charge is 0.122 e. The molecule has 2 saturated heterocycles. The molecule has 1 aromatic rings. The maximum Gasteiger partial charge on any atom is 0.122 e. The second kappa shape index (κ2) is 5.93. The van der Waals surface area contributed by atoms with Gasteiger partial charge in [0.25, 0.3) is 0 Å². The van der Waals surface area contributed by atoms with E-state index in [0.717, 1.165) is 24.6 Å². The summed E-state index contributed by atoms with van der Waals surface area (Å²) in [6.07, 6.45) is 7.66. The van der Waals surface area contributed by atoms with Crippen LogP contribution >= 0.6 is 11.8 Å². The van der Waals surface area contributed by atoms with Gasteiger partial charge in [-0.2, -0.15) is 11.8 Å². The molecule has 4 heteroatoms. The number of hydrogen-bond donors (Lipinski definition) is 0. The molecule has 0 N–H and O–H groups in total.